The molecule has 0 atom stereocenters. The number of nitrogens with one attached hydrogen (secondary N) is 1. The minimum atomic E-state index is 0.130. The number of hydrogen-bond donors (Lipinski definition) is 2. The molecule has 20 heavy (non-hydrogen) atoms. The first-order valence-corrected chi connectivity index (χ1v) is 7.79. The topological polar surface area (TPSA) is 55.1 Å². The van der Waals surface area contributed by atoms with Gasteiger partial charge in [-0.3, -0.25) is 4.79 Å². The van der Waals surface area contributed by atoms with Gasteiger partial charge in [0.05, 0.1) is 6.42 Å². The Morgan fingerprint density at radius 2 is 1.85 bits per heavy atom. The Kier molecular flexibility index (Phi) is 5.60. The Hall–Kier alpha value is -1.35. The monoisotopic (exact) mass is 274 g/mol. The highest BCUT2D eigenvalue weighted by molar-refractivity contribution is 5.79. The summed E-state index contributed by atoms with van der Waals surface area (Å²) < 4.78 is 0. The average molecular weight is 274 g/mol. The molecule has 1 amide bonds. The molecule has 1 saturated carbocycles. The maximum absolute atomic E-state index is 12.1. The van der Waals surface area contributed by atoms with E-state index in [0.29, 0.717) is 19.0 Å². The Morgan fingerprint density at radius 1 is 1.20 bits per heavy atom. The number of carbonyl (C=O) groups is 1. The van der Waals surface area contributed by atoms with Gasteiger partial charge in [-0.25, -0.2) is 0 Å². The summed E-state index contributed by atoms with van der Waals surface area (Å²) in [6, 6.07) is 8.30. The highest BCUT2D eigenvalue weighted by Gasteiger charge is 2.21. The van der Waals surface area contributed by atoms with Crippen molar-refractivity contribution in [1.29, 1.82) is 0 Å². The predicted octanol–water partition coefficient (Wildman–Crippen LogP) is 2.77. The summed E-state index contributed by atoms with van der Waals surface area (Å²) in [6.45, 7) is 2.75. The van der Waals surface area contributed by atoms with Gasteiger partial charge in [-0.1, -0.05) is 37.6 Å². The molecule has 110 valence electrons. The molecule has 3 heteroatoms. The van der Waals surface area contributed by atoms with Crippen LogP contribution in [0.5, 0.6) is 0 Å². The van der Waals surface area contributed by atoms with E-state index in [1.807, 2.05) is 24.3 Å². The van der Waals surface area contributed by atoms with Crippen LogP contribution in [-0.4, -0.2) is 11.9 Å². The summed E-state index contributed by atoms with van der Waals surface area (Å²) in [5, 5.41) is 3.18. The van der Waals surface area contributed by atoms with Gasteiger partial charge in [0.1, 0.15) is 0 Å². The molecular weight excluding hydrogens is 248 g/mol. The third kappa shape index (κ3) is 4.07. The highest BCUT2D eigenvalue weighted by Crippen LogP contribution is 2.26. The molecule has 1 aromatic rings. The van der Waals surface area contributed by atoms with E-state index in [4.69, 9.17) is 5.73 Å². The van der Waals surface area contributed by atoms with Crippen molar-refractivity contribution in [2.24, 2.45) is 11.7 Å². The number of rotatable bonds is 5. The van der Waals surface area contributed by atoms with Crippen molar-refractivity contribution in [1.82, 2.24) is 5.32 Å². The second kappa shape index (κ2) is 7.44. The van der Waals surface area contributed by atoms with Gasteiger partial charge in [-0.05, 0) is 42.7 Å². The molecule has 1 fully saturated rings. The van der Waals surface area contributed by atoms with Crippen molar-refractivity contribution >= 4 is 5.91 Å². The number of hydrogen-bond acceptors (Lipinski definition) is 2. The third-order valence-electron chi connectivity index (χ3n) is 4.48. The first-order chi connectivity index (χ1) is 9.72. The molecule has 3 nitrogen and oxygen atoms in total. The summed E-state index contributed by atoms with van der Waals surface area (Å²) in [7, 11) is 0. The Balaban J connectivity index is 1.84. The Bertz CT molecular complexity index is 436. The van der Waals surface area contributed by atoms with Crippen molar-refractivity contribution < 1.29 is 4.79 Å². The molecule has 1 aliphatic carbocycles. The second-order valence-electron chi connectivity index (χ2n) is 5.84. The van der Waals surface area contributed by atoms with E-state index >= 15 is 0 Å². The predicted molar refractivity (Wildman–Crippen MR) is 82.2 cm³/mol. The van der Waals surface area contributed by atoms with Gasteiger partial charge in [0.2, 0.25) is 5.91 Å². The SMILES string of the molecule is CCC1CCC(NC(=O)Cc2ccccc2CN)CC1. The van der Waals surface area contributed by atoms with Crippen LogP contribution in [0.3, 0.4) is 0 Å². The average Bonchev–Trinajstić information content (AvgIpc) is 2.48. The smallest absolute Gasteiger partial charge is 0.224 e. The van der Waals surface area contributed by atoms with Crippen LogP contribution in [0.2, 0.25) is 0 Å². The van der Waals surface area contributed by atoms with Crippen molar-refractivity contribution in [3.8, 4) is 0 Å². The van der Waals surface area contributed by atoms with Crippen LogP contribution < -0.4 is 11.1 Å². The van der Waals surface area contributed by atoms with Gasteiger partial charge < -0.3 is 11.1 Å². The van der Waals surface area contributed by atoms with Gasteiger partial charge >= 0.3 is 0 Å². The van der Waals surface area contributed by atoms with Crippen LogP contribution in [0.15, 0.2) is 24.3 Å². The van der Waals surface area contributed by atoms with Crippen LogP contribution in [0, 0.1) is 5.92 Å². The molecular formula is C17H26N2O. The number of nitrogens with two attached hydrogens (primary N) is 1. The highest BCUT2D eigenvalue weighted by atomic mass is 16.1. The fraction of sp³-hybridized carbons (Fsp3) is 0.588. The van der Waals surface area contributed by atoms with E-state index in [2.05, 4.69) is 12.2 Å². The van der Waals surface area contributed by atoms with E-state index in [9.17, 15) is 4.79 Å². The maximum atomic E-state index is 12.1. The van der Waals surface area contributed by atoms with Gasteiger partial charge in [-0.15, -0.1) is 0 Å². The van der Waals surface area contributed by atoms with Crippen LogP contribution >= 0.6 is 0 Å². The molecule has 0 aliphatic heterocycles. The van der Waals surface area contributed by atoms with E-state index < -0.39 is 0 Å². The van der Waals surface area contributed by atoms with Crippen LogP contribution in [0.25, 0.3) is 0 Å². The first-order valence-electron chi connectivity index (χ1n) is 7.79. The van der Waals surface area contributed by atoms with E-state index in [0.717, 1.165) is 29.9 Å². The molecule has 0 unspecified atom stereocenters. The van der Waals surface area contributed by atoms with Crippen molar-refractivity contribution in [2.75, 3.05) is 0 Å². The summed E-state index contributed by atoms with van der Waals surface area (Å²) in [5.74, 6) is 0.993. The number of benzene rings is 1. The molecule has 2 rings (SSSR count). The molecule has 1 aromatic carbocycles. The molecule has 1 aliphatic rings. The first kappa shape index (κ1) is 15.0. The molecule has 0 heterocycles. The van der Waals surface area contributed by atoms with Crippen LogP contribution in [0.4, 0.5) is 0 Å². The Morgan fingerprint density at radius 3 is 2.45 bits per heavy atom. The summed E-state index contributed by atoms with van der Waals surface area (Å²) in [6.07, 6.45) is 6.47. The molecule has 0 spiro atoms. The van der Waals surface area contributed by atoms with E-state index in [-0.39, 0.29) is 5.91 Å². The van der Waals surface area contributed by atoms with Gasteiger partial charge in [-0.2, -0.15) is 0 Å². The fourth-order valence-electron chi connectivity index (χ4n) is 3.10. The third-order valence-corrected chi connectivity index (χ3v) is 4.48. The number of carbonyl (C=O) groups excluding carboxylic acids is 1. The lowest BCUT2D eigenvalue weighted by molar-refractivity contribution is -0.121. The summed E-state index contributed by atoms with van der Waals surface area (Å²) in [4.78, 5) is 12.1. The standard InChI is InChI=1S/C17H26N2O/c1-2-13-7-9-16(10-8-13)19-17(20)11-14-5-3-4-6-15(14)12-18/h3-6,13,16H,2,7-12,18H2,1H3,(H,19,20). The van der Waals surface area contributed by atoms with Crippen molar-refractivity contribution in [2.45, 2.75) is 58.0 Å². The molecule has 0 aromatic heterocycles. The molecule has 0 saturated heterocycles. The van der Waals surface area contributed by atoms with Gasteiger partial charge in [0.25, 0.3) is 0 Å². The zero-order valence-electron chi connectivity index (χ0n) is 12.4. The Labute approximate surface area is 121 Å². The van der Waals surface area contributed by atoms with Crippen molar-refractivity contribution in [3.63, 3.8) is 0 Å². The lowest BCUT2D eigenvalue weighted by atomic mass is 9.84. The van der Waals surface area contributed by atoms with E-state index in [1.165, 1.54) is 19.3 Å². The lowest BCUT2D eigenvalue weighted by Crippen LogP contribution is -2.38. The molecule has 0 bridgehead atoms. The zero-order chi connectivity index (χ0) is 14.4. The maximum Gasteiger partial charge on any atom is 0.224 e. The minimum Gasteiger partial charge on any atom is -0.353 e. The second-order valence-corrected chi connectivity index (χ2v) is 5.84. The molecule has 0 radical (unpaired) electrons. The van der Waals surface area contributed by atoms with Crippen LogP contribution in [-0.2, 0) is 17.8 Å². The van der Waals surface area contributed by atoms with Crippen molar-refractivity contribution in [3.05, 3.63) is 35.4 Å². The van der Waals surface area contributed by atoms with Crippen LogP contribution in [0.1, 0.15) is 50.2 Å². The van der Waals surface area contributed by atoms with Gasteiger partial charge in [0.15, 0.2) is 0 Å². The molecule has 3 N–H and O–H groups in total. The fourth-order valence-corrected chi connectivity index (χ4v) is 3.10. The van der Waals surface area contributed by atoms with Gasteiger partial charge in [0, 0.05) is 12.6 Å². The quantitative estimate of drug-likeness (QED) is 0.867. The normalized spacial score (nSPS) is 22.5. The zero-order valence-corrected chi connectivity index (χ0v) is 12.4. The largest absolute Gasteiger partial charge is 0.353 e. The minimum absolute atomic E-state index is 0.130. The lowest BCUT2D eigenvalue weighted by Gasteiger charge is -2.28. The number of amides is 1. The summed E-state index contributed by atoms with van der Waals surface area (Å²) >= 11 is 0. The van der Waals surface area contributed by atoms with E-state index in [1.54, 1.807) is 0 Å². The summed E-state index contributed by atoms with van der Waals surface area (Å²) in [5.41, 5.74) is 7.83.